The first-order valence-electron chi connectivity index (χ1n) is 13.6. The van der Waals surface area contributed by atoms with Gasteiger partial charge < -0.3 is 4.90 Å². The third kappa shape index (κ3) is 8.74. The van der Waals surface area contributed by atoms with Crippen LogP contribution in [0.2, 0.25) is 0 Å². The second-order valence-electron chi connectivity index (χ2n) is 11.2. The fourth-order valence-corrected chi connectivity index (χ4v) is 4.46. The SMILES string of the molecule is CCN(C=O)/C(CCCc1ccc(-c2cccc(C(C)(F)F)c2)cc1)=N\N(C)Cc1ccc(C(C)(C)C)cc1. The second-order valence-corrected chi connectivity index (χ2v) is 11.2. The van der Waals surface area contributed by atoms with Gasteiger partial charge in [-0.3, -0.25) is 9.80 Å². The number of alkyl halides is 2. The van der Waals surface area contributed by atoms with Crippen molar-refractivity contribution in [3.63, 3.8) is 0 Å². The van der Waals surface area contributed by atoms with Crippen molar-refractivity contribution in [3.8, 4) is 11.1 Å². The molecular formula is C33H41F2N3O. The summed E-state index contributed by atoms with van der Waals surface area (Å²) in [4.78, 5) is 13.4. The third-order valence-corrected chi connectivity index (χ3v) is 6.84. The zero-order chi connectivity index (χ0) is 28.6. The van der Waals surface area contributed by atoms with Crippen LogP contribution in [0.1, 0.15) is 69.7 Å². The number of amidine groups is 1. The minimum Gasteiger partial charge on any atom is -0.302 e. The lowest BCUT2D eigenvalue weighted by Gasteiger charge is -2.22. The van der Waals surface area contributed by atoms with Crippen molar-refractivity contribution in [2.45, 2.75) is 71.8 Å². The van der Waals surface area contributed by atoms with Crippen LogP contribution in [0.3, 0.4) is 0 Å². The standard InChI is InChI=1S/C33H41F2N3O/c1-7-38(24-39)31(36-37(6)23-26-16-20-29(21-17-26)32(2,3)4)13-8-10-25-14-18-27(19-15-25)28-11-9-12-30(22-28)33(5,34)35/h9,11-12,14-22,24H,7-8,10,13,23H2,1-6H3/b36-31-. The largest absolute Gasteiger partial charge is 0.302 e. The highest BCUT2D eigenvalue weighted by Crippen LogP contribution is 2.30. The molecule has 3 aromatic carbocycles. The summed E-state index contributed by atoms with van der Waals surface area (Å²) in [6, 6.07) is 23.1. The molecule has 6 heteroatoms. The van der Waals surface area contributed by atoms with Crippen molar-refractivity contribution < 1.29 is 13.6 Å². The van der Waals surface area contributed by atoms with E-state index in [9.17, 15) is 13.6 Å². The molecule has 0 unspecified atom stereocenters. The van der Waals surface area contributed by atoms with Crippen LogP contribution < -0.4 is 0 Å². The van der Waals surface area contributed by atoms with Crippen LogP contribution in [0.15, 0.2) is 77.9 Å². The normalized spacial score (nSPS) is 12.4. The molecule has 0 bridgehead atoms. The van der Waals surface area contributed by atoms with Gasteiger partial charge in [0.15, 0.2) is 0 Å². The van der Waals surface area contributed by atoms with Gasteiger partial charge in [-0.25, -0.2) is 8.78 Å². The van der Waals surface area contributed by atoms with E-state index in [1.165, 1.54) is 11.6 Å². The van der Waals surface area contributed by atoms with Crippen LogP contribution in [-0.2, 0) is 29.1 Å². The van der Waals surface area contributed by atoms with E-state index >= 15 is 0 Å². The quantitative estimate of drug-likeness (QED) is 0.108. The number of aryl methyl sites for hydroxylation is 1. The van der Waals surface area contributed by atoms with Crippen LogP contribution in [0.5, 0.6) is 0 Å². The van der Waals surface area contributed by atoms with Crippen LogP contribution in [0, 0.1) is 0 Å². The van der Waals surface area contributed by atoms with E-state index in [1.807, 2.05) is 49.3 Å². The lowest BCUT2D eigenvalue weighted by molar-refractivity contribution is -0.114. The lowest BCUT2D eigenvalue weighted by Crippen LogP contribution is -2.31. The van der Waals surface area contributed by atoms with Gasteiger partial charge in [-0.1, -0.05) is 87.5 Å². The van der Waals surface area contributed by atoms with Gasteiger partial charge in [0.1, 0.15) is 5.84 Å². The molecule has 3 rings (SSSR count). The zero-order valence-corrected chi connectivity index (χ0v) is 24.0. The molecule has 1 amide bonds. The number of carbonyl (C=O) groups excluding carboxylic acids is 1. The highest BCUT2D eigenvalue weighted by molar-refractivity contribution is 5.90. The van der Waals surface area contributed by atoms with E-state index in [1.54, 1.807) is 17.0 Å². The monoisotopic (exact) mass is 533 g/mol. The first-order valence-corrected chi connectivity index (χ1v) is 13.6. The average Bonchev–Trinajstić information content (AvgIpc) is 2.89. The van der Waals surface area contributed by atoms with Gasteiger partial charge in [-0.2, -0.15) is 5.10 Å². The van der Waals surface area contributed by atoms with E-state index < -0.39 is 5.92 Å². The first-order chi connectivity index (χ1) is 18.4. The summed E-state index contributed by atoms with van der Waals surface area (Å²) in [6.45, 7) is 10.7. The molecule has 0 saturated carbocycles. The van der Waals surface area contributed by atoms with Gasteiger partial charge in [0.25, 0.3) is 5.92 Å². The molecule has 4 nitrogen and oxygen atoms in total. The van der Waals surface area contributed by atoms with Crippen molar-refractivity contribution in [3.05, 3.63) is 95.1 Å². The van der Waals surface area contributed by atoms with Crippen molar-refractivity contribution in [1.29, 1.82) is 0 Å². The molecule has 0 aromatic heterocycles. The van der Waals surface area contributed by atoms with Gasteiger partial charge >= 0.3 is 0 Å². The molecule has 39 heavy (non-hydrogen) atoms. The fourth-order valence-electron chi connectivity index (χ4n) is 4.46. The summed E-state index contributed by atoms with van der Waals surface area (Å²) < 4.78 is 27.5. The number of nitrogens with zero attached hydrogens (tertiary/aromatic N) is 3. The molecule has 0 heterocycles. The molecule has 208 valence electrons. The first kappa shape index (κ1) is 30.0. The minimum atomic E-state index is -2.87. The van der Waals surface area contributed by atoms with Crippen molar-refractivity contribution in [1.82, 2.24) is 9.91 Å². The Balaban J connectivity index is 1.63. The molecule has 0 saturated heterocycles. The van der Waals surface area contributed by atoms with Crippen molar-refractivity contribution in [2.24, 2.45) is 5.10 Å². The Kier molecular flexibility index (Phi) is 10.0. The highest BCUT2D eigenvalue weighted by Gasteiger charge is 2.24. The molecular weight excluding hydrogens is 492 g/mol. The minimum absolute atomic E-state index is 0.0124. The number of rotatable bonds is 11. The molecule has 0 aliphatic heterocycles. The predicted octanol–water partition coefficient (Wildman–Crippen LogP) is 8.01. The predicted molar refractivity (Wildman–Crippen MR) is 157 cm³/mol. The molecule has 0 aliphatic rings. The topological polar surface area (TPSA) is 35.9 Å². The number of hydrazone groups is 1. The van der Waals surface area contributed by atoms with Crippen LogP contribution >= 0.6 is 0 Å². The van der Waals surface area contributed by atoms with Crippen molar-refractivity contribution in [2.75, 3.05) is 13.6 Å². The zero-order valence-electron chi connectivity index (χ0n) is 24.0. The van der Waals surface area contributed by atoms with Crippen LogP contribution in [0.25, 0.3) is 11.1 Å². The van der Waals surface area contributed by atoms with Gasteiger partial charge in [0.05, 0.1) is 6.54 Å². The number of hydrogen-bond donors (Lipinski definition) is 0. The lowest BCUT2D eigenvalue weighted by atomic mass is 9.87. The maximum atomic E-state index is 13.7. The maximum Gasteiger partial charge on any atom is 0.270 e. The number of amides is 1. The number of carbonyl (C=O) groups is 1. The Morgan fingerprint density at radius 3 is 2.08 bits per heavy atom. The molecule has 0 aliphatic carbocycles. The summed E-state index contributed by atoms with van der Waals surface area (Å²) in [7, 11) is 1.93. The van der Waals surface area contributed by atoms with Crippen molar-refractivity contribution >= 4 is 12.2 Å². The molecule has 3 aromatic rings. The van der Waals surface area contributed by atoms with E-state index in [-0.39, 0.29) is 11.0 Å². The van der Waals surface area contributed by atoms with E-state index in [0.29, 0.717) is 19.5 Å². The van der Waals surface area contributed by atoms with Crippen LogP contribution in [-0.4, -0.2) is 35.7 Å². The number of hydrogen-bond acceptors (Lipinski definition) is 3. The fraction of sp³-hybridized carbons (Fsp3) is 0.394. The van der Waals surface area contributed by atoms with Gasteiger partial charge in [-0.05, 0) is 59.1 Å². The molecule has 0 N–H and O–H groups in total. The summed E-state index contributed by atoms with van der Waals surface area (Å²) in [5.41, 5.74) is 5.41. The summed E-state index contributed by atoms with van der Waals surface area (Å²) in [6.07, 6.45) is 3.15. The second kappa shape index (κ2) is 13.0. The van der Waals surface area contributed by atoms with Gasteiger partial charge in [0.2, 0.25) is 6.41 Å². The Morgan fingerprint density at radius 2 is 1.51 bits per heavy atom. The summed E-state index contributed by atoms with van der Waals surface area (Å²) in [5.74, 6) is -2.12. The number of halogens is 2. The van der Waals surface area contributed by atoms with Gasteiger partial charge in [0, 0.05) is 32.5 Å². The smallest absolute Gasteiger partial charge is 0.270 e. The maximum absolute atomic E-state index is 13.7. The Hall–Kier alpha value is -3.54. The summed E-state index contributed by atoms with van der Waals surface area (Å²) in [5, 5.41) is 6.67. The Bertz CT molecular complexity index is 1240. The van der Waals surface area contributed by atoms with E-state index in [4.69, 9.17) is 5.10 Å². The van der Waals surface area contributed by atoms with E-state index in [0.717, 1.165) is 54.3 Å². The van der Waals surface area contributed by atoms with E-state index in [2.05, 4.69) is 45.0 Å². The third-order valence-electron chi connectivity index (χ3n) is 6.84. The molecule has 0 fully saturated rings. The molecule has 0 spiro atoms. The Labute approximate surface area is 232 Å². The highest BCUT2D eigenvalue weighted by atomic mass is 19.3. The average molecular weight is 534 g/mol. The molecule has 0 radical (unpaired) electrons. The molecule has 0 atom stereocenters. The van der Waals surface area contributed by atoms with Crippen LogP contribution in [0.4, 0.5) is 8.78 Å². The van der Waals surface area contributed by atoms with Gasteiger partial charge in [-0.15, -0.1) is 0 Å². The Morgan fingerprint density at radius 1 is 0.872 bits per heavy atom. The number of benzene rings is 3. The summed E-state index contributed by atoms with van der Waals surface area (Å²) >= 11 is 0.